The lowest BCUT2D eigenvalue weighted by atomic mass is 10.0. The number of methoxy groups -OCH3 is 1. The van der Waals surface area contributed by atoms with E-state index >= 15 is 0 Å². The van der Waals surface area contributed by atoms with Gasteiger partial charge in [-0.3, -0.25) is 4.79 Å². The number of ether oxygens (including phenoxy) is 1. The molecule has 8 heteroatoms. The molecule has 3 rings (SSSR count). The zero-order valence-corrected chi connectivity index (χ0v) is 17.0. The molecule has 0 aromatic carbocycles. The Morgan fingerprint density at radius 1 is 1.42 bits per heavy atom. The van der Waals surface area contributed by atoms with Crippen LogP contribution in [0.4, 0.5) is 0 Å². The molecular weight excluding hydrogens is 368 g/mol. The average molecular weight is 395 g/mol. The topological polar surface area (TPSA) is 60.2 Å². The average Bonchev–Trinajstić information content (AvgIpc) is 3.30. The van der Waals surface area contributed by atoms with E-state index in [0.29, 0.717) is 18.4 Å². The second-order valence-corrected chi connectivity index (χ2v) is 8.39. The number of likely N-dealkylation sites (tertiary alicyclic amines) is 1. The Bertz CT molecular complexity index is 702. The van der Waals surface area contributed by atoms with Gasteiger partial charge >= 0.3 is 0 Å². The number of rotatable bonds is 8. The lowest BCUT2D eigenvalue weighted by Gasteiger charge is -2.33. The molecule has 3 heterocycles. The molecule has 0 radical (unpaired) electrons. The Balaban J connectivity index is 1.69. The smallest absolute Gasteiger partial charge is 0.233 e. The van der Waals surface area contributed by atoms with Gasteiger partial charge in [0.05, 0.1) is 10.6 Å². The van der Waals surface area contributed by atoms with Crippen molar-refractivity contribution in [3.63, 3.8) is 0 Å². The van der Waals surface area contributed by atoms with Crippen molar-refractivity contribution in [1.82, 2.24) is 19.7 Å². The van der Waals surface area contributed by atoms with E-state index in [9.17, 15) is 4.79 Å². The van der Waals surface area contributed by atoms with E-state index in [0.717, 1.165) is 48.2 Å². The van der Waals surface area contributed by atoms with Gasteiger partial charge in [-0.1, -0.05) is 17.8 Å². The summed E-state index contributed by atoms with van der Waals surface area (Å²) in [5.41, 5.74) is 0. The summed E-state index contributed by atoms with van der Waals surface area (Å²) in [6, 6.07) is 4.41. The molecule has 0 aliphatic carbocycles. The van der Waals surface area contributed by atoms with Gasteiger partial charge in [-0.25, -0.2) is 0 Å². The van der Waals surface area contributed by atoms with E-state index < -0.39 is 0 Å². The number of nitrogens with zero attached hydrogens (tertiary/aromatic N) is 4. The molecule has 0 saturated carbocycles. The molecule has 0 unspecified atom stereocenters. The maximum Gasteiger partial charge on any atom is 0.233 e. The summed E-state index contributed by atoms with van der Waals surface area (Å²) in [7, 11) is 1.71. The molecule has 2 aromatic heterocycles. The van der Waals surface area contributed by atoms with Gasteiger partial charge in [0, 0.05) is 32.8 Å². The third kappa shape index (κ3) is 4.66. The molecule has 26 heavy (non-hydrogen) atoms. The van der Waals surface area contributed by atoms with Gasteiger partial charge in [-0.15, -0.1) is 21.5 Å². The predicted molar refractivity (Wildman–Crippen MR) is 106 cm³/mol. The van der Waals surface area contributed by atoms with Crippen molar-refractivity contribution < 1.29 is 9.53 Å². The fraction of sp³-hybridized carbons (Fsp3) is 0.611. The quantitative estimate of drug-likeness (QED) is 0.506. The molecule has 1 atom stereocenters. The van der Waals surface area contributed by atoms with E-state index in [2.05, 4.69) is 27.8 Å². The molecule has 1 amide bonds. The third-order valence-corrected chi connectivity index (χ3v) is 6.45. The first-order valence-electron chi connectivity index (χ1n) is 9.09. The summed E-state index contributed by atoms with van der Waals surface area (Å²) in [6.45, 7) is 4.49. The summed E-state index contributed by atoms with van der Waals surface area (Å²) in [6.07, 6.45) is 4.32. The summed E-state index contributed by atoms with van der Waals surface area (Å²) in [4.78, 5) is 15.7. The minimum atomic E-state index is 0.200. The molecule has 0 bridgehead atoms. The van der Waals surface area contributed by atoms with Gasteiger partial charge in [-0.2, -0.15) is 0 Å². The number of aromatic nitrogens is 3. The normalized spacial score (nSPS) is 17.6. The van der Waals surface area contributed by atoms with Crippen molar-refractivity contribution >= 4 is 29.0 Å². The number of thiophene rings is 1. The number of hydrogen-bond donors (Lipinski definition) is 0. The summed E-state index contributed by atoms with van der Waals surface area (Å²) >= 11 is 3.14. The number of hydrogen-bond acceptors (Lipinski definition) is 6. The molecule has 0 N–H and O–H groups in total. The van der Waals surface area contributed by atoms with E-state index in [-0.39, 0.29) is 5.91 Å². The zero-order valence-electron chi connectivity index (χ0n) is 15.4. The van der Waals surface area contributed by atoms with Crippen LogP contribution in [0, 0.1) is 0 Å². The lowest BCUT2D eigenvalue weighted by molar-refractivity contribution is -0.131. The van der Waals surface area contributed by atoms with Crippen LogP contribution in [-0.4, -0.2) is 57.6 Å². The van der Waals surface area contributed by atoms with Crippen molar-refractivity contribution in [3.05, 3.63) is 17.5 Å². The van der Waals surface area contributed by atoms with Crippen molar-refractivity contribution in [3.8, 4) is 10.7 Å². The van der Waals surface area contributed by atoms with E-state index in [4.69, 9.17) is 4.74 Å². The van der Waals surface area contributed by atoms with E-state index in [1.165, 1.54) is 18.2 Å². The molecule has 1 aliphatic heterocycles. The Hall–Kier alpha value is -1.38. The van der Waals surface area contributed by atoms with Crippen LogP contribution < -0.4 is 0 Å². The molecule has 0 spiro atoms. The van der Waals surface area contributed by atoms with E-state index in [1.54, 1.807) is 18.4 Å². The first-order valence-corrected chi connectivity index (χ1v) is 11.0. The summed E-state index contributed by atoms with van der Waals surface area (Å²) < 4.78 is 7.29. The Morgan fingerprint density at radius 2 is 2.31 bits per heavy atom. The number of carbonyl (C=O) groups excluding carboxylic acids is 1. The second-order valence-electron chi connectivity index (χ2n) is 6.50. The van der Waals surface area contributed by atoms with Crippen molar-refractivity contribution in [2.45, 2.75) is 50.4 Å². The van der Waals surface area contributed by atoms with Crippen LogP contribution in [0.2, 0.25) is 0 Å². The standard InChI is InChI=1S/C18H26N4O2S2/c1-14-7-3-4-9-21(14)16(23)13-26-18-20-19-17(15-8-5-12-25-15)22(18)10-6-11-24-2/h5,8,12,14H,3-4,6-7,9-11,13H2,1-2H3/t14-/m0/s1. The van der Waals surface area contributed by atoms with E-state index in [1.807, 2.05) is 16.3 Å². The number of carbonyl (C=O) groups is 1. The summed E-state index contributed by atoms with van der Waals surface area (Å²) in [5, 5.41) is 11.6. The van der Waals surface area contributed by atoms with Crippen LogP contribution in [-0.2, 0) is 16.1 Å². The maximum atomic E-state index is 12.6. The third-order valence-electron chi connectivity index (χ3n) is 4.64. The molecular formula is C18H26N4O2S2. The van der Waals surface area contributed by atoms with Crippen LogP contribution >= 0.6 is 23.1 Å². The highest BCUT2D eigenvalue weighted by Gasteiger charge is 2.24. The Morgan fingerprint density at radius 3 is 3.04 bits per heavy atom. The zero-order chi connectivity index (χ0) is 18.4. The van der Waals surface area contributed by atoms with Gasteiger partial charge in [0.25, 0.3) is 0 Å². The fourth-order valence-electron chi connectivity index (χ4n) is 3.23. The van der Waals surface area contributed by atoms with Crippen molar-refractivity contribution in [1.29, 1.82) is 0 Å². The molecule has 2 aromatic rings. The Kier molecular flexibility index (Phi) is 7.10. The van der Waals surface area contributed by atoms with Crippen LogP contribution in [0.25, 0.3) is 10.7 Å². The number of piperidine rings is 1. The lowest BCUT2D eigenvalue weighted by Crippen LogP contribution is -2.43. The molecule has 1 aliphatic rings. The molecule has 1 fully saturated rings. The summed E-state index contributed by atoms with van der Waals surface area (Å²) in [5.74, 6) is 1.49. The van der Waals surface area contributed by atoms with Gasteiger partial charge in [-0.05, 0) is 44.1 Å². The Labute approximate surface area is 162 Å². The molecule has 1 saturated heterocycles. The number of amides is 1. The predicted octanol–water partition coefficient (Wildman–Crippen LogP) is 3.54. The van der Waals surface area contributed by atoms with Crippen LogP contribution in [0.3, 0.4) is 0 Å². The minimum Gasteiger partial charge on any atom is -0.385 e. The van der Waals surface area contributed by atoms with Gasteiger partial charge in [0.2, 0.25) is 5.91 Å². The van der Waals surface area contributed by atoms with Gasteiger partial charge < -0.3 is 14.2 Å². The monoisotopic (exact) mass is 394 g/mol. The highest BCUT2D eigenvalue weighted by Crippen LogP contribution is 2.28. The van der Waals surface area contributed by atoms with Crippen molar-refractivity contribution in [2.75, 3.05) is 26.0 Å². The first kappa shape index (κ1) is 19.4. The SMILES string of the molecule is COCCCn1c(SCC(=O)N2CCCC[C@@H]2C)nnc1-c1cccs1. The van der Waals surface area contributed by atoms with Crippen molar-refractivity contribution in [2.24, 2.45) is 0 Å². The highest BCUT2D eigenvalue weighted by atomic mass is 32.2. The maximum absolute atomic E-state index is 12.6. The first-order chi connectivity index (χ1) is 12.7. The van der Waals surface area contributed by atoms with Crippen LogP contribution in [0.5, 0.6) is 0 Å². The number of thioether (sulfide) groups is 1. The van der Waals surface area contributed by atoms with Gasteiger partial charge in [0.15, 0.2) is 11.0 Å². The fourth-order valence-corrected chi connectivity index (χ4v) is 4.80. The van der Waals surface area contributed by atoms with Crippen LogP contribution in [0.15, 0.2) is 22.7 Å². The largest absolute Gasteiger partial charge is 0.385 e. The van der Waals surface area contributed by atoms with Crippen LogP contribution in [0.1, 0.15) is 32.6 Å². The molecule has 142 valence electrons. The molecule has 6 nitrogen and oxygen atoms in total. The highest BCUT2D eigenvalue weighted by molar-refractivity contribution is 7.99. The second kappa shape index (κ2) is 9.53. The minimum absolute atomic E-state index is 0.200. The van der Waals surface area contributed by atoms with Gasteiger partial charge in [0.1, 0.15) is 0 Å².